The first kappa shape index (κ1) is 17.4. The van der Waals surface area contributed by atoms with Crippen LogP contribution in [0, 0.1) is 11.8 Å². The summed E-state index contributed by atoms with van der Waals surface area (Å²) in [6, 6.07) is 23.3. The molecule has 3 aromatic rings. The van der Waals surface area contributed by atoms with Crippen LogP contribution in [0.1, 0.15) is 28.2 Å². The molecule has 1 aliphatic heterocycles. The molecule has 0 saturated carbocycles. The number of alkyl halides is 1. The van der Waals surface area contributed by atoms with Gasteiger partial charge in [-0.2, -0.15) is 0 Å². The lowest BCUT2D eigenvalue weighted by Gasteiger charge is -2.50. The summed E-state index contributed by atoms with van der Waals surface area (Å²) in [7, 11) is 0. The number of amides is 2. The highest BCUT2D eigenvalue weighted by atomic mass is 79.9. The van der Waals surface area contributed by atoms with Crippen LogP contribution in [-0.2, 0) is 14.5 Å². The third-order valence-electron chi connectivity index (χ3n) is 6.61. The van der Waals surface area contributed by atoms with Crippen LogP contribution in [0.5, 0.6) is 0 Å². The normalized spacial score (nSPS) is 28.9. The lowest BCUT2D eigenvalue weighted by Crippen LogP contribution is -2.50. The van der Waals surface area contributed by atoms with Crippen molar-refractivity contribution in [2.45, 2.75) is 10.8 Å². The summed E-state index contributed by atoms with van der Waals surface area (Å²) < 4.78 is 0.714. The highest BCUT2D eigenvalue weighted by Gasteiger charge is 2.68. The number of rotatable bonds is 1. The van der Waals surface area contributed by atoms with Gasteiger partial charge in [0.25, 0.3) is 0 Å². The molecule has 1 fully saturated rings. The zero-order valence-corrected chi connectivity index (χ0v) is 17.5. The number of carbonyl (C=O) groups excluding carboxylic acids is 2. The quantitative estimate of drug-likeness (QED) is 0.367. The zero-order valence-electron chi connectivity index (χ0n) is 15.2. The lowest BCUT2D eigenvalue weighted by molar-refractivity contribution is -0.122. The number of anilines is 1. The van der Waals surface area contributed by atoms with Crippen molar-refractivity contribution in [3.63, 3.8) is 0 Å². The first-order valence-electron chi connectivity index (χ1n) is 9.55. The molecule has 5 heteroatoms. The summed E-state index contributed by atoms with van der Waals surface area (Å²) in [5, 5.41) is 0. The molecule has 0 aromatic heterocycles. The predicted molar refractivity (Wildman–Crippen MR) is 115 cm³/mol. The van der Waals surface area contributed by atoms with Gasteiger partial charge in [0.05, 0.1) is 17.5 Å². The lowest BCUT2D eigenvalue weighted by atomic mass is 9.54. The molecule has 0 N–H and O–H groups in total. The second-order valence-electron chi connectivity index (χ2n) is 7.83. The second kappa shape index (κ2) is 5.80. The molecule has 2 atom stereocenters. The standard InChI is InChI=1S/C24H15BrClNO2/c25-17-11-5-6-12-18(17)27-22(28)20-19-13-7-1-3-9-15(13)24(26,21(20)23(27)29)16-10-4-2-8-14(16)19/h1-12,19-21H/t19?,20-,21-,24?/m1/s1. The van der Waals surface area contributed by atoms with Gasteiger partial charge < -0.3 is 0 Å². The van der Waals surface area contributed by atoms with E-state index in [0.717, 1.165) is 22.3 Å². The van der Waals surface area contributed by atoms with E-state index in [2.05, 4.69) is 15.9 Å². The molecule has 2 bridgehead atoms. The number of para-hydroxylation sites is 1. The van der Waals surface area contributed by atoms with Crippen molar-refractivity contribution in [1.82, 2.24) is 0 Å². The average molecular weight is 465 g/mol. The number of hydrogen-bond acceptors (Lipinski definition) is 2. The maximum absolute atomic E-state index is 13.7. The van der Waals surface area contributed by atoms with E-state index in [0.29, 0.717) is 10.2 Å². The Kier molecular flexibility index (Phi) is 3.49. The van der Waals surface area contributed by atoms with E-state index in [1.165, 1.54) is 4.90 Å². The highest BCUT2D eigenvalue weighted by molar-refractivity contribution is 9.10. The van der Waals surface area contributed by atoms with Crippen molar-refractivity contribution in [2.24, 2.45) is 11.8 Å². The van der Waals surface area contributed by atoms with E-state index >= 15 is 0 Å². The van der Waals surface area contributed by atoms with Gasteiger partial charge in [-0.1, -0.05) is 60.7 Å². The molecule has 3 nitrogen and oxygen atoms in total. The Labute approximate surface area is 181 Å². The third kappa shape index (κ3) is 1.99. The van der Waals surface area contributed by atoms with E-state index in [1.54, 1.807) is 6.07 Å². The fourth-order valence-electron chi connectivity index (χ4n) is 5.55. The number of imide groups is 1. The van der Waals surface area contributed by atoms with Gasteiger partial charge in [-0.3, -0.25) is 9.59 Å². The van der Waals surface area contributed by atoms with E-state index in [4.69, 9.17) is 11.6 Å². The number of hydrogen-bond donors (Lipinski definition) is 0. The Bertz CT molecular complexity index is 1180. The maximum Gasteiger partial charge on any atom is 0.240 e. The van der Waals surface area contributed by atoms with Crippen molar-refractivity contribution >= 4 is 45.0 Å². The van der Waals surface area contributed by atoms with Crippen LogP contribution >= 0.6 is 27.5 Å². The molecule has 1 saturated heterocycles. The van der Waals surface area contributed by atoms with Crippen molar-refractivity contribution < 1.29 is 9.59 Å². The summed E-state index contributed by atoms with van der Waals surface area (Å²) in [5.74, 6) is -1.70. The minimum absolute atomic E-state index is 0.169. The van der Waals surface area contributed by atoms with Crippen molar-refractivity contribution in [3.05, 3.63) is 99.5 Å². The number of nitrogens with zero attached hydrogens (tertiary/aromatic N) is 1. The van der Waals surface area contributed by atoms with E-state index < -0.39 is 16.7 Å². The van der Waals surface area contributed by atoms with Gasteiger partial charge in [-0.25, -0.2) is 4.90 Å². The van der Waals surface area contributed by atoms with Gasteiger partial charge >= 0.3 is 0 Å². The first-order chi connectivity index (χ1) is 14.0. The Morgan fingerprint density at radius 3 is 1.97 bits per heavy atom. The Morgan fingerprint density at radius 2 is 1.34 bits per heavy atom. The smallest absolute Gasteiger partial charge is 0.240 e. The summed E-state index contributed by atoms with van der Waals surface area (Å²) in [4.78, 5) is 27.7. The maximum atomic E-state index is 13.7. The molecule has 0 unspecified atom stereocenters. The fraction of sp³-hybridized carbons (Fsp3) is 0.167. The van der Waals surface area contributed by atoms with Gasteiger partial charge in [0.2, 0.25) is 11.8 Å². The molecule has 2 amide bonds. The molecule has 7 rings (SSSR count). The Hall–Kier alpha value is -2.43. The molecular weight excluding hydrogens is 450 g/mol. The van der Waals surface area contributed by atoms with Crippen molar-refractivity contribution in [3.8, 4) is 0 Å². The summed E-state index contributed by atoms with van der Waals surface area (Å²) in [5.41, 5.74) is 4.57. The van der Waals surface area contributed by atoms with Crippen molar-refractivity contribution in [1.29, 1.82) is 0 Å². The molecule has 142 valence electrons. The number of benzene rings is 3. The van der Waals surface area contributed by atoms with Crippen LogP contribution in [0.25, 0.3) is 0 Å². The zero-order chi connectivity index (χ0) is 19.9. The Morgan fingerprint density at radius 1 is 0.793 bits per heavy atom. The van der Waals surface area contributed by atoms with Gasteiger partial charge in [-0.15, -0.1) is 11.6 Å². The monoisotopic (exact) mass is 463 g/mol. The predicted octanol–water partition coefficient (Wildman–Crippen LogP) is 5.20. The molecule has 0 radical (unpaired) electrons. The van der Waals surface area contributed by atoms with E-state index in [-0.39, 0.29) is 17.7 Å². The minimum atomic E-state index is -1.05. The number of carbonyl (C=O) groups is 2. The molecule has 4 aliphatic rings. The van der Waals surface area contributed by atoms with Crippen LogP contribution in [0.15, 0.2) is 77.3 Å². The molecule has 3 aliphatic carbocycles. The van der Waals surface area contributed by atoms with Crippen LogP contribution in [0.2, 0.25) is 0 Å². The van der Waals surface area contributed by atoms with E-state index in [9.17, 15) is 9.59 Å². The van der Waals surface area contributed by atoms with Crippen LogP contribution < -0.4 is 4.90 Å². The van der Waals surface area contributed by atoms with Crippen LogP contribution in [0.3, 0.4) is 0 Å². The number of halogens is 2. The SMILES string of the molecule is O=C1[C@@H]2C3c4ccccc4C(Cl)(c4ccccc43)[C@H]2C(=O)N1c1ccccc1Br. The summed E-state index contributed by atoms with van der Waals surface area (Å²) in [6.45, 7) is 0. The van der Waals surface area contributed by atoms with Gasteiger partial charge in [0.1, 0.15) is 4.87 Å². The Balaban J connectivity index is 1.64. The second-order valence-corrected chi connectivity index (χ2v) is 9.28. The summed E-state index contributed by atoms with van der Waals surface area (Å²) >= 11 is 10.9. The topological polar surface area (TPSA) is 37.4 Å². The first-order valence-corrected chi connectivity index (χ1v) is 10.7. The minimum Gasteiger partial charge on any atom is -0.274 e. The molecule has 1 heterocycles. The summed E-state index contributed by atoms with van der Waals surface area (Å²) in [6.07, 6.45) is 0. The molecule has 0 spiro atoms. The largest absolute Gasteiger partial charge is 0.274 e. The average Bonchev–Trinajstić information content (AvgIpc) is 3.01. The molecular formula is C24H15BrClNO2. The fourth-order valence-corrected chi connectivity index (χ4v) is 6.59. The molecule has 3 aromatic carbocycles. The van der Waals surface area contributed by atoms with Crippen LogP contribution in [0.4, 0.5) is 5.69 Å². The molecule has 29 heavy (non-hydrogen) atoms. The van der Waals surface area contributed by atoms with Gasteiger partial charge in [0.15, 0.2) is 0 Å². The van der Waals surface area contributed by atoms with Gasteiger partial charge in [-0.05, 0) is 50.3 Å². The van der Waals surface area contributed by atoms with E-state index in [1.807, 2.05) is 66.7 Å². The van der Waals surface area contributed by atoms with Crippen LogP contribution in [-0.4, -0.2) is 11.8 Å². The van der Waals surface area contributed by atoms with Gasteiger partial charge in [0, 0.05) is 10.4 Å². The highest BCUT2D eigenvalue weighted by Crippen LogP contribution is 2.66. The third-order valence-corrected chi connectivity index (χ3v) is 7.92. The van der Waals surface area contributed by atoms with Crippen molar-refractivity contribution in [2.75, 3.05) is 4.90 Å².